The molecule has 0 radical (unpaired) electrons. The summed E-state index contributed by atoms with van der Waals surface area (Å²) in [5, 5.41) is 0. The quantitative estimate of drug-likeness (QED) is 0.809. The molecule has 0 saturated heterocycles. The summed E-state index contributed by atoms with van der Waals surface area (Å²) in [5.74, 6) is -0.283. The Morgan fingerprint density at radius 2 is 1.87 bits per heavy atom. The Kier molecular flexibility index (Phi) is 3.81. The van der Waals surface area contributed by atoms with Crippen molar-refractivity contribution in [2.24, 2.45) is 0 Å². The first-order valence-corrected chi connectivity index (χ1v) is 8.40. The molecule has 0 saturated carbocycles. The molecule has 1 heterocycles. The Bertz CT molecular complexity index is 862. The van der Waals surface area contributed by atoms with E-state index in [2.05, 4.69) is 0 Å². The molecular formula is C16H14FNO4S. The largest absolute Gasteiger partial charge is 0.489 e. The van der Waals surface area contributed by atoms with E-state index in [1.807, 2.05) is 0 Å². The van der Waals surface area contributed by atoms with E-state index in [1.165, 1.54) is 29.4 Å². The number of carbonyl (C=O) groups is 1. The van der Waals surface area contributed by atoms with Gasteiger partial charge < -0.3 is 4.74 Å². The molecule has 0 bridgehead atoms. The third-order valence-corrected chi connectivity index (χ3v) is 5.42. The number of ketones is 1. The third kappa shape index (κ3) is 2.79. The lowest BCUT2D eigenvalue weighted by Gasteiger charge is -2.30. The van der Waals surface area contributed by atoms with Gasteiger partial charge >= 0.3 is 0 Å². The minimum Gasteiger partial charge on any atom is -0.489 e. The number of ether oxygens (including phenoxy) is 1. The molecule has 2 aromatic rings. The minimum atomic E-state index is -3.86. The number of hydrogen-bond acceptors (Lipinski definition) is 4. The highest BCUT2D eigenvalue weighted by Gasteiger charge is 2.30. The van der Waals surface area contributed by atoms with Crippen molar-refractivity contribution in [3.8, 4) is 5.75 Å². The van der Waals surface area contributed by atoms with Gasteiger partial charge in [-0.15, -0.1) is 0 Å². The molecule has 3 rings (SSSR count). The maximum atomic E-state index is 13.0. The molecule has 0 unspecified atom stereocenters. The molecule has 5 nitrogen and oxygen atoms in total. The zero-order valence-electron chi connectivity index (χ0n) is 12.3. The van der Waals surface area contributed by atoms with Crippen molar-refractivity contribution < 1.29 is 22.3 Å². The lowest BCUT2D eigenvalue weighted by atomic mass is 10.1. The third-order valence-electron chi connectivity index (χ3n) is 3.59. The van der Waals surface area contributed by atoms with Crippen molar-refractivity contribution in [1.29, 1.82) is 0 Å². The average Bonchev–Trinajstić information content (AvgIpc) is 2.54. The first-order valence-electron chi connectivity index (χ1n) is 6.96. The highest BCUT2D eigenvalue weighted by Crippen LogP contribution is 2.36. The number of fused-ring (bicyclic) bond motifs is 1. The van der Waals surface area contributed by atoms with Crippen LogP contribution < -0.4 is 9.04 Å². The maximum Gasteiger partial charge on any atom is 0.264 e. The van der Waals surface area contributed by atoms with Gasteiger partial charge in [0.1, 0.15) is 18.2 Å². The Balaban J connectivity index is 2.10. The summed E-state index contributed by atoms with van der Waals surface area (Å²) in [6.45, 7) is 1.73. The van der Waals surface area contributed by atoms with Gasteiger partial charge in [0.05, 0.1) is 17.1 Å². The first-order chi connectivity index (χ1) is 10.9. The molecule has 0 spiro atoms. The van der Waals surface area contributed by atoms with Crippen LogP contribution in [0.2, 0.25) is 0 Å². The van der Waals surface area contributed by atoms with E-state index in [1.54, 1.807) is 12.1 Å². The van der Waals surface area contributed by atoms with Crippen molar-refractivity contribution in [3.05, 3.63) is 53.8 Å². The number of carbonyl (C=O) groups excluding carboxylic acids is 1. The zero-order valence-corrected chi connectivity index (χ0v) is 13.1. The second-order valence-electron chi connectivity index (χ2n) is 5.12. The molecule has 0 N–H and O–H groups in total. The molecule has 0 aliphatic carbocycles. The van der Waals surface area contributed by atoms with Gasteiger partial charge in [-0.3, -0.25) is 9.10 Å². The topological polar surface area (TPSA) is 63.7 Å². The van der Waals surface area contributed by atoms with Crippen molar-refractivity contribution in [3.63, 3.8) is 0 Å². The van der Waals surface area contributed by atoms with Crippen molar-refractivity contribution in [1.82, 2.24) is 0 Å². The molecule has 1 aliphatic rings. The molecule has 0 fully saturated rings. The Morgan fingerprint density at radius 1 is 1.17 bits per heavy atom. The molecule has 7 heteroatoms. The molecule has 2 aromatic carbocycles. The number of benzene rings is 2. The van der Waals surface area contributed by atoms with Gasteiger partial charge in [-0.25, -0.2) is 12.8 Å². The van der Waals surface area contributed by atoms with Crippen LogP contribution in [0.4, 0.5) is 10.1 Å². The van der Waals surface area contributed by atoms with Crippen LogP contribution >= 0.6 is 0 Å². The predicted molar refractivity (Wildman–Crippen MR) is 82.9 cm³/mol. The highest BCUT2D eigenvalue weighted by molar-refractivity contribution is 7.92. The Hall–Kier alpha value is -2.41. The molecule has 1 aliphatic heterocycles. The molecule has 0 aromatic heterocycles. The second-order valence-corrected chi connectivity index (χ2v) is 6.98. The maximum absolute atomic E-state index is 13.0. The number of anilines is 1. The summed E-state index contributed by atoms with van der Waals surface area (Å²) < 4.78 is 45.3. The normalized spacial score (nSPS) is 14.1. The molecule has 0 atom stereocenters. The number of halogens is 1. The second kappa shape index (κ2) is 5.66. The van der Waals surface area contributed by atoms with Crippen LogP contribution in [0.15, 0.2) is 47.4 Å². The summed E-state index contributed by atoms with van der Waals surface area (Å²) in [6, 6.07) is 9.30. The Morgan fingerprint density at radius 3 is 2.52 bits per heavy atom. The summed E-state index contributed by atoms with van der Waals surface area (Å²) in [7, 11) is -3.86. The molecular weight excluding hydrogens is 321 g/mol. The zero-order chi connectivity index (χ0) is 16.6. The number of nitrogens with zero attached hydrogens (tertiary/aromatic N) is 1. The van der Waals surface area contributed by atoms with E-state index < -0.39 is 15.8 Å². The van der Waals surface area contributed by atoms with Gasteiger partial charge in [-0.05, 0) is 49.4 Å². The minimum absolute atomic E-state index is 0.0139. The van der Waals surface area contributed by atoms with Gasteiger partial charge in [0.25, 0.3) is 10.0 Å². The van der Waals surface area contributed by atoms with E-state index in [0.717, 1.165) is 12.1 Å². The van der Waals surface area contributed by atoms with E-state index in [4.69, 9.17) is 4.74 Å². The number of rotatable bonds is 3. The van der Waals surface area contributed by atoms with Gasteiger partial charge in [0.15, 0.2) is 5.78 Å². The summed E-state index contributed by atoms with van der Waals surface area (Å²) >= 11 is 0. The lowest BCUT2D eigenvalue weighted by molar-refractivity contribution is 0.101. The summed E-state index contributed by atoms with van der Waals surface area (Å²) in [4.78, 5) is 11.5. The Labute approximate surface area is 133 Å². The smallest absolute Gasteiger partial charge is 0.264 e. The van der Waals surface area contributed by atoms with E-state index in [-0.39, 0.29) is 23.8 Å². The first kappa shape index (κ1) is 15.5. The monoisotopic (exact) mass is 335 g/mol. The fourth-order valence-corrected chi connectivity index (χ4v) is 3.85. The average molecular weight is 335 g/mol. The van der Waals surface area contributed by atoms with Crippen LogP contribution in [-0.4, -0.2) is 27.4 Å². The number of sulfonamides is 1. The predicted octanol–water partition coefficient (Wildman–Crippen LogP) is 2.62. The number of Topliss-reactive ketones (excluding diaryl/α,β-unsaturated/α-hetero) is 1. The highest BCUT2D eigenvalue weighted by atomic mass is 32.2. The van der Waals surface area contributed by atoms with E-state index in [0.29, 0.717) is 17.0 Å². The van der Waals surface area contributed by atoms with E-state index >= 15 is 0 Å². The van der Waals surface area contributed by atoms with Gasteiger partial charge in [-0.2, -0.15) is 0 Å². The van der Waals surface area contributed by atoms with Crippen molar-refractivity contribution >= 4 is 21.5 Å². The van der Waals surface area contributed by atoms with Gasteiger partial charge in [0, 0.05) is 5.56 Å². The molecule has 23 heavy (non-hydrogen) atoms. The van der Waals surface area contributed by atoms with Crippen LogP contribution in [0.25, 0.3) is 0 Å². The van der Waals surface area contributed by atoms with Gasteiger partial charge in [0.2, 0.25) is 0 Å². The number of hydrogen-bond donors (Lipinski definition) is 0. The van der Waals surface area contributed by atoms with Crippen LogP contribution in [0.3, 0.4) is 0 Å². The van der Waals surface area contributed by atoms with E-state index in [9.17, 15) is 17.6 Å². The molecule has 0 amide bonds. The lowest BCUT2D eigenvalue weighted by Crippen LogP contribution is -2.38. The van der Waals surface area contributed by atoms with Crippen LogP contribution in [-0.2, 0) is 10.0 Å². The van der Waals surface area contributed by atoms with Crippen molar-refractivity contribution in [2.75, 3.05) is 17.5 Å². The van der Waals surface area contributed by atoms with Crippen molar-refractivity contribution in [2.45, 2.75) is 11.8 Å². The molecule has 120 valence electrons. The van der Waals surface area contributed by atoms with Crippen LogP contribution in [0, 0.1) is 5.82 Å². The fourth-order valence-electron chi connectivity index (χ4n) is 2.40. The van der Waals surface area contributed by atoms with Crippen LogP contribution in [0.5, 0.6) is 5.75 Å². The summed E-state index contributed by atoms with van der Waals surface area (Å²) in [6.07, 6.45) is 0. The van der Waals surface area contributed by atoms with Crippen LogP contribution in [0.1, 0.15) is 17.3 Å². The van der Waals surface area contributed by atoms with Gasteiger partial charge in [-0.1, -0.05) is 0 Å². The SMILES string of the molecule is CC(=O)c1ccc2c(c1)N(S(=O)(=O)c1ccc(F)cc1)CCO2. The standard InChI is InChI=1S/C16H14FNO4S/c1-11(19)12-2-7-16-15(10-12)18(8-9-22-16)23(20,21)14-5-3-13(17)4-6-14/h2-7,10H,8-9H2,1H3. The fraction of sp³-hybridized carbons (Fsp3) is 0.188. The summed E-state index contributed by atoms with van der Waals surface area (Å²) in [5.41, 5.74) is 0.710.